The van der Waals surface area contributed by atoms with E-state index in [9.17, 15) is 9.18 Å². The molecular formula is C20H20FN5OS. The van der Waals surface area contributed by atoms with Crippen molar-refractivity contribution in [2.24, 2.45) is 5.10 Å². The third-order valence-corrected chi connectivity index (χ3v) is 4.97. The Labute approximate surface area is 166 Å². The molecule has 0 aliphatic heterocycles. The summed E-state index contributed by atoms with van der Waals surface area (Å²) in [4.78, 5) is 12.1. The Hall–Kier alpha value is -3.00. The van der Waals surface area contributed by atoms with Gasteiger partial charge in [0.05, 0.1) is 11.5 Å². The van der Waals surface area contributed by atoms with Crippen LogP contribution >= 0.6 is 11.8 Å². The number of halogens is 1. The SMILES string of the molecule is CCn1c(SCC(=O)N/N=C(\C)c2ccc(F)cc2)nnc1-c1ccccc1. The van der Waals surface area contributed by atoms with Gasteiger partial charge in [-0.15, -0.1) is 10.2 Å². The summed E-state index contributed by atoms with van der Waals surface area (Å²) in [5.74, 6) is 0.370. The van der Waals surface area contributed by atoms with Gasteiger partial charge in [-0.25, -0.2) is 9.82 Å². The van der Waals surface area contributed by atoms with Gasteiger partial charge in [-0.2, -0.15) is 5.10 Å². The Morgan fingerprint density at radius 3 is 2.54 bits per heavy atom. The van der Waals surface area contributed by atoms with Crippen LogP contribution in [-0.4, -0.2) is 32.1 Å². The number of hydrogen-bond acceptors (Lipinski definition) is 5. The van der Waals surface area contributed by atoms with Crippen LogP contribution in [0.2, 0.25) is 0 Å². The molecule has 0 aliphatic rings. The molecule has 144 valence electrons. The van der Waals surface area contributed by atoms with Crippen LogP contribution in [0.3, 0.4) is 0 Å². The summed E-state index contributed by atoms with van der Waals surface area (Å²) in [6.45, 7) is 4.46. The van der Waals surface area contributed by atoms with Gasteiger partial charge in [-0.05, 0) is 31.5 Å². The highest BCUT2D eigenvalue weighted by atomic mass is 32.2. The van der Waals surface area contributed by atoms with Crippen LogP contribution < -0.4 is 5.43 Å². The minimum absolute atomic E-state index is 0.160. The molecule has 2 aromatic carbocycles. The molecule has 0 saturated heterocycles. The third-order valence-electron chi connectivity index (χ3n) is 4.01. The first-order valence-corrected chi connectivity index (χ1v) is 9.77. The van der Waals surface area contributed by atoms with Gasteiger partial charge >= 0.3 is 0 Å². The van der Waals surface area contributed by atoms with E-state index >= 15 is 0 Å². The Morgan fingerprint density at radius 2 is 1.86 bits per heavy atom. The topological polar surface area (TPSA) is 72.2 Å². The van der Waals surface area contributed by atoms with Crippen molar-refractivity contribution in [3.63, 3.8) is 0 Å². The van der Waals surface area contributed by atoms with Crippen molar-refractivity contribution in [1.29, 1.82) is 0 Å². The molecule has 0 bridgehead atoms. The summed E-state index contributed by atoms with van der Waals surface area (Å²) in [5.41, 5.74) is 4.84. The van der Waals surface area contributed by atoms with Gasteiger partial charge in [0.15, 0.2) is 11.0 Å². The maximum Gasteiger partial charge on any atom is 0.250 e. The Morgan fingerprint density at radius 1 is 1.14 bits per heavy atom. The standard InChI is InChI=1S/C20H20FN5OS/c1-3-26-19(16-7-5-4-6-8-16)24-25-20(26)28-13-18(27)23-22-14(2)15-9-11-17(21)12-10-15/h4-12H,3,13H2,1-2H3,(H,23,27)/b22-14+. The number of hydrazone groups is 1. The lowest BCUT2D eigenvalue weighted by Gasteiger charge is -2.07. The molecule has 0 aliphatic carbocycles. The zero-order valence-corrected chi connectivity index (χ0v) is 16.4. The Bertz CT molecular complexity index is 970. The zero-order valence-electron chi connectivity index (χ0n) is 15.6. The molecule has 1 N–H and O–H groups in total. The van der Waals surface area contributed by atoms with E-state index < -0.39 is 0 Å². The van der Waals surface area contributed by atoms with Crippen LogP contribution in [-0.2, 0) is 11.3 Å². The number of carbonyl (C=O) groups is 1. The first-order chi connectivity index (χ1) is 13.6. The fourth-order valence-corrected chi connectivity index (χ4v) is 3.34. The molecule has 8 heteroatoms. The Kier molecular flexibility index (Phi) is 6.54. The zero-order chi connectivity index (χ0) is 19.9. The molecule has 0 spiro atoms. The second kappa shape index (κ2) is 9.27. The first-order valence-electron chi connectivity index (χ1n) is 8.79. The number of amides is 1. The molecule has 0 saturated carbocycles. The second-order valence-corrected chi connectivity index (χ2v) is 6.89. The molecule has 3 aromatic rings. The van der Waals surface area contributed by atoms with Gasteiger partial charge in [-0.3, -0.25) is 4.79 Å². The van der Waals surface area contributed by atoms with E-state index in [1.165, 1.54) is 23.9 Å². The quantitative estimate of drug-likeness (QED) is 0.375. The highest BCUT2D eigenvalue weighted by molar-refractivity contribution is 7.99. The summed E-state index contributed by atoms with van der Waals surface area (Å²) < 4.78 is 14.9. The molecule has 3 rings (SSSR count). The van der Waals surface area contributed by atoms with E-state index in [-0.39, 0.29) is 17.5 Å². The van der Waals surface area contributed by atoms with Crippen LogP contribution in [0.25, 0.3) is 11.4 Å². The molecular weight excluding hydrogens is 377 g/mol. The lowest BCUT2D eigenvalue weighted by molar-refractivity contribution is -0.118. The van der Waals surface area contributed by atoms with Gasteiger partial charge in [0, 0.05) is 12.1 Å². The Balaban J connectivity index is 1.61. The minimum Gasteiger partial charge on any atom is -0.302 e. The minimum atomic E-state index is -0.313. The average Bonchev–Trinajstić information content (AvgIpc) is 3.14. The summed E-state index contributed by atoms with van der Waals surface area (Å²) in [6, 6.07) is 15.7. The predicted molar refractivity (Wildman–Crippen MR) is 109 cm³/mol. The van der Waals surface area contributed by atoms with Crippen molar-refractivity contribution in [3.05, 3.63) is 66.0 Å². The summed E-state index contributed by atoms with van der Waals surface area (Å²) in [7, 11) is 0. The summed E-state index contributed by atoms with van der Waals surface area (Å²) in [6.07, 6.45) is 0. The van der Waals surface area contributed by atoms with Crippen molar-refractivity contribution >= 4 is 23.4 Å². The van der Waals surface area contributed by atoms with Crippen LogP contribution in [0.15, 0.2) is 64.9 Å². The fourth-order valence-electron chi connectivity index (χ4n) is 2.55. The number of carbonyl (C=O) groups excluding carboxylic acids is 1. The predicted octanol–water partition coefficient (Wildman–Crippen LogP) is 3.74. The number of aromatic nitrogens is 3. The highest BCUT2D eigenvalue weighted by Crippen LogP contribution is 2.23. The van der Waals surface area contributed by atoms with Gasteiger partial charge in [0.2, 0.25) is 0 Å². The number of hydrogen-bond donors (Lipinski definition) is 1. The van der Waals surface area contributed by atoms with Crippen LogP contribution in [0.4, 0.5) is 4.39 Å². The van der Waals surface area contributed by atoms with Crippen molar-refractivity contribution in [2.45, 2.75) is 25.5 Å². The molecule has 0 unspecified atom stereocenters. The van der Waals surface area contributed by atoms with E-state index in [4.69, 9.17) is 0 Å². The van der Waals surface area contributed by atoms with Gasteiger partial charge in [0.25, 0.3) is 5.91 Å². The summed E-state index contributed by atoms with van der Waals surface area (Å²) in [5, 5.41) is 13.2. The lowest BCUT2D eigenvalue weighted by Crippen LogP contribution is -2.21. The largest absolute Gasteiger partial charge is 0.302 e. The highest BCUT2D eigenvalue weighted by Gasteiger charge is 2.14. The monoisotopic (exact) mass is 397 g/mol. The van der Waals surface area contributed by atoms with Crippen LogP contribution in [0.5, 0.6) is 0 Å². The molecule has 1 aromatic heterocycles. The number of nitrogens with zero attached hydrogens (tertiary/aromatic N) is 4. The van der Waals surface area contributed by atoms with E-state index in [2.05, 4.69) is 20.7 Å². The van der Waals surface area contributed by atoms with E-state index in [1.54, 1.807) is 19.1 Å². The van der Waals surface area contributed by atoms with Crippen molar-refractivity contribution < 1.29 is 9.18 Å². The van der Waals surface area contributed by atoms with Crippen molar-refractivity contribution in [1.82, 2.24) is 20.2 Å². The smallest absolute Gasteiger partial charge is 0.250 e. The van der Waals surface area contributed by atoms with Crippen molar-refractivity contribution in [2.75, 3.05) is 5.75 Å². The second-order valence-electron chi connectivity index (χ2n) is 5.94. The maximum absolute atomic E-state index is 13.0. The third kappa shape index (κ3) is 4.83. The number of rotatable bonds is 7. The van der Waals surface area contributed by atoms with Crippen molar-refractivity contribution in [3.8, 4) is 11.4 Å². The number of nitrogens with one attached hydrogen (secondary N) is 1. The molecule has 28 heavy (non-hydrogen) atoms. The van der Waals surface area contributed by atoms with Crippen LogP contribution in [0.1, 0.15) is 19.4 Å². The molecule has 6 nitrogen and oxygen atoms in total. The van der Waals surface area contributed by atoms with Gasteiger partial charge in [0.1, 0.15) is 5.82 Å². The van der Waals surface area contributed by atoms with Gasteiger partial charge in [-0.1, -0.05) is 54.2 Å². The molecule has 0 atom stereocenters. The fraction of sp³-hybridized carbons (Fsp3) is 0.200. The molecule has 0 radical (unpaired) electrons. The number of thioether (sulfide) groups is 1. The summed E-state index contributed by atoms with van der Waals surface area (Å²) >= 11 is 1.30. The van der Waals surface area contributed by atoms with E-state index in [1.807, 2.05) is 41.8 Å². The lowest BCUT2D eigenvalue weighted by atomic mass is 10.1. The average molecular weight is 397 g/mol. The molecule has 1 amide bonds. The van der Waals surface area contributed by atoms with E-state index in [0.717, 1.165) is 17.0 Å². The first kappa shape index (κ1) is 19.8. The molecule has 0 fully saturated rings. The van der Waals surface area contributed by atoms with Crippen LogP contribution in [0, 0.1) is 5.82 Å². The van der Waals surface area contributed by atoms with E-state index in [0.29, 0.717) is 17.4 Å². The number of benzene rings is 2. The molecule has 1 heterocycles. The normalized spacial score (nSPS) is 11.5. The maximum atomic E-state index is 13.0. The van der Waals surface area contributed by atoms with Gasteiger partial charge < -0.3 is 4.57 Å².